The van der Waals surface area contributed by atoms with Crippen LogP contribution in [0.3, 0.4) is 0 Å². The third-order valence-electron chi connectivity index (χ3n) is 2.23. The van der Waals surface area contributed by atoms with Crippen molar-refractivity contribution in [3.63, 3.8) is 0 Å². The summed E-state index contributed by atoms with van der Waals surface area (Å²) in [6.45, 7) is 0. The molecule has 0 spiro atoms. The van der Waals surface area contributed by atoms with Gasteiger partial charge in [-0.2, -0.15) is 0 Å². The first-order valence-electron chi connectivity index (χ1n) is 5.18. The molecule has 19 heavy (non-hydrogen) atoms. The Bertz CT molecular complexity index is 627. The molecule has 2 rings (SSSR count). The Morgan fingerprint density at radius 3 is 2.58 bits per heavy atom. The van der Waals surface area contributed by atoms with E-state index >= 15 is 0 Å². The van der Waals surface area contributed by atoms with Crippen LogP contribution in [0.1, 0.15) is 10.4 Å². The average molecular weight is 260 g/mol. The van der Waals surface area contributed by atoms with Crippen molar-refractivity contribution in [3.05, 3.63) is 58.3 Å². The van der Waals surface area contributed by atoms with Crippen molar-refractivity contribution in [3.8, 4) is 11.6 Å². The van der Waals surface area contributed by atoms with Gasteiger partial charge in [0.25, 0.3) is 5.88 Å². The Morgan fingerprint density at radius 1 is 1.32 bits per heavy atom. The van der Waals surface area contributed by atoms with Crippen LogP contribution in [0.5, 0.6) is 11.6 Å². The number of hydrogen-bond donors (Lipinski definition) is 1. The number of aromatic nitrogens is 1. The molecule has 1 aromatic carbocycles. The molecule has 0 aliphatic heterocycles. The van der Waals surface area contributed by atoms with Crippen LogP contribution in [0, 0.1) is 10.1 Å². The number of nitrogens with zero attached hydrogens (tertiary/aromatic N) is 2. The van der Waals surface area contributed by atoms with Gasteiger partial charge in [-0.05, 0) is 12.1 Å². The summed E-state index contributed by atoms with van der Waals surface area (Å²) in [4.78, 5) is 24.6. The minimum atomic E-state index is -1.29. The summed E-state index contributed by atoms with van der Waals surface area (Å²) in [7, 11) is 0. The number of rotatable bonds is 4. The lowest BCUT2D eigenvalue weighted by atomic mass is 10.2. The van der Waals surface area contributed by atoms with E-state index in [4.69, 9.17) is 9.84 Å². The minimum absolute atomic E-state index is 0.249. The molecule has 1 aromatic heterocycles. The predicted molar refractivity (Wildman–Crippen MR) is 64.4 cm³/mol. The van der Waals surface area contributed by atoms with Gasteiger partial charge in [0.05, 0.1) is 10.5 Å². The van der Waals surface area contributed by atoms with Crippen molar-refractivity contribution < 1.29 is 19.6 Å². The number of aromatic carboxylic acids is 1. The molecule has 2 aromatic rings. The summed E-state index contributed by atoms with van der Waals surface area (Å²) in [5.41, 5.74) is -0.768. The number of para-hydroxylation sites is 1. The maximum atomic E-state index is 10.9. The van der Waals surface area contributed by atoms with Gasteiger partial charge < -0.3 is 9.84 Å². The molecule has 0 saturated heterocycles. The van der Waals surface area contributed by atoms with Gasteiger partial charge in [0.15, 0.2) is 0 Å². The third-order valence-corrected chi connectivity index (χ3v) is 2.23. The zero-order chi connectivity index (χ0) is 13.8. The van der Waals surface area contributed by atoms with Gasteiger partial charge in [-0.3, -0.25) is 10.1 Å². The molecule has 96 valence electrons. The summed E-state index contributed by atoms with van der Waals surface area (Å²) in [5, 5.41) is 19.6. The molecule has 0 atom stereocenters. The van der Waals surface area contributed by atoms with Gasteiger partial charge in [0.2, 0.25) is 0 Å². The molecule has 0 unspecified atom stereocenters. The Morgan fingerprint density at radius 2 is 2.00 bits per heavy atom. The molecule has 1 N–H and O–H groups in total. The monoisotopic (exact) mass is 260 g/mol. The van der Waals surface area contributed by atoms with Crippen molar-refractivity contribution in [2.45, 2.75) is 0 Å². The lowest BCUT2D eigenvalue weighted by Crippen LogP contribution is -2.02. The van der Waals surface area contributed by atoms with Crippen LogP contribution in [0.15, 0.2) is 42.6 Å². The summed E-state index contributed by atoms with van der Waals surface area (Å²) in [5.74, 6) is -1.16. The summed E-state index contributed by atoms with van der Waals surface area (Å²) in [6, 6.07) is 9.29. The van der Waals surface area contributed by atoms with E-state index in [9.17, 15) is 14.9 Å². The van der Waals surface area contributed by atoms with Crippen LogP contribution in [0.4, 0.5) is 5.69 Å². The van der Waals surface area contributed by atoms with Crippen LogP contribution in [-0.2, 0) is 0 Å². The highest BCUT2D eigenvalue weighted by atomic mass is 16.6. The highest BCUT2D eigenvalue weighted by Crippen LogP contribution is 2.29. The van der Waals surface area contributed by atoms with Crippen LogP contribution >= 0.6 is 0 Å². The van der Waals surface area contributed by atoms with E-state index in [0.29, 0.717) is 5.75 Å². The van der Waals surface area contributed by atoms with E-state index < -0.39 is 16.6 Å². The standard InChI is InChI=1S/C12H8N2O5/c15-12(16)8-6-10(14(17)18)11(13-7-8)19-9-4-2-1-3-5-9/h1-7H,(H,15,16). The molecular weight excluding hydrogens is 252 g/mol. The van der Waals surface area contributed by atoms with Crippen molar-refractivity contribution in [1.82, 2.24) is 4.98 Å². The van der Waals surface area contributed by atoms with Crippen molar-refractivity contribution >= 4 is 11.7 Å². The number of pyridine rings is 1. The Balaban J connectivity index is 2.40. The first kappa shape index (κ1) is 12.5. The number of nitro groups is 1. The van der Waals surface area contributed by atoms with E-state index in [1.54, 1.807) is 30.3 Å². The van der Waals surface area contributed by atoms with Gasteiger partial charge in [0.1, 0.15) is 5.75 Å². The summed E-state index contributed by atoms with van der Waals surface area (Å²) < 4.78 is 5.26. The molecule has 0 radical (unpaired) electrons. The van der Waals surface area contributed by atoms with Gasteiger partial charge in [0, 0.05) is 12.3 Å². The molecule has 0 bridgehead atoms. The molecule has 0 aliphatic carbocycles. The summed E-state index contributed by atoms with van der Waals surface area (Å²) >= 11 is 0. The van der Waals surface area contributed by atoms with E-state index in [-0.39, 0.29) is 11.4 Å². The van der Waals surface area contributed by atoms with Crippen LogP contribution in [0.2, 0.25) is 0 Å². The summed E-state index contributed by atoms with van der Waals surface area (Å²) in [6.07, 6.45) is 1.01. The second kappa shape index (κ2) is 5.13. The molecule has 0 saturated carbocycles. The maximum Gasteiger partial charge on any atom is 0.337 e. The maximum absolute atomic E-state index is 10.9. The fraction of sp³-hybridized carbons (Fsp3) is 0. The molecular formula is C12H8N2O5. The van der Waals surface area contributed by atoms with Gasteiger partial charge in [-0.25, -0.2) is 9.78 Å². The Hall–Kier alpha value is -2.96. The first-order valence-corrected chi connectivity index (χ1v) is 5.18. The third kappa shape index (κ3) is 2.83. The fourth-order valence-corrected chi connectivity index (χ4v) is 1.37. The largest absolute Gasteiger partial charge is 0.478 e. The van der Waals surface area contributed by atoms with E-state index in [2.05, 4.69) is 4.98 Å². The van der Waals surface area contributed by atoms with Crippen molar-refractivity contribution in [2.75, 3.05) is 0 Å². The van der Waals surface area contributed by atoms with E-state index in [1.165, 1.54) is 0 Å². The second-order valence-electron chi connectivity index (χ2n) is 3.53. The fourth-order valence-electron chi connectivity index (χ4n) is 1.37. The SMILES string of the molecule is O=C(O)c1cnc(Oc2ccccc2)c([N+](=O)[O-])c1. The number of ether oxygens (including phenoxy) is 1. The Kier molecular flexibility index (Phi) is 3.37. The van der Waals surface area contributed by atoms with Crippen LogP contribution < -0.4 is 4.74 Å². The lowest BCUT2D eigenvalue weighted by molar-refractivity contribution is -0.386. The molecule has 0 fully saturated rings. The van der Waals surface area contributed by atoms with Crippen molar-refractivity contribution in [2.24, 2.45) is 0 Å². The number of hydrogen-bond acceptors (Lipinski definition) is 5. The molecule has 1 heterocycles. The second-order valence-corrected chi connectivity index (χ2v) is 3.53. The normalized spacial score (nSPS) is 9.89. The molecule has 0 amide bonds. The van der Waals surface area contributed by atoms with Crippen LogP contribution in [-0.4, -0.2) is 21.0 Å². The molecule has 7 heteroatoms. The predicted octanol–water partition coefficient (Wildman–Crippen LogP) is 2.48. The minimum Gasteiger partial charge on any atom is -0.478 e. The smallest absolute Gasteiger partial charge is 0.337 e. The number of carboxylic acids is 1. The van der Waals surface area contributed by atoms with Gasteiger partial charge in [-0.1, -0.05) is 18.2 Å². The quantitative estimate of drug-likeness (QED) is 0.669. The zero-order valence-corrected chi connectivity index (χ0v) is 9.52. The van der Waals surface area contributed by atoms with E-state index in [1.807, 2.05) is 0 Å². The number of benzene rings is 1. The lowest BCUT2D eigenvalue weighted by Gasteiger charge is -2.05. The highest BCUT2D eigenvalue weighted by molar-refractivity contribution is 5.88. The van der Waals surface area contributed by atoms with Crippen molar-refractivity contribution in [1.29, 1.82) is 0 Å². The average Bonchev–Trinajstić information content (AvgIpc) is 2.39. The highest BCUT2D eigenvalue weighted by Gasteiger charge is 2.20. The zero-order valence-electron chi connectivity index (χ0n) is 9.52. The van der Waals surface area contributed by atoms with Crippen LogP contribution in [0.25, 0.3) is 0 Å². The number of carboxylic acid groups (broad SMARTS) is 1. The van der Waals surface area contributed by atoms with Gasteiger partial charge in [-0.15, -0.1) is 0 Å². The first-order chi connectivity index (χ1) is 9.08. The topological polar surface area (TPSA) is 103 Å². The molecule has 0 aliphatic rings. The van der Waals surface area contributed by atoms with E-state index in [0.717, 1.165) is 12.3 Å². The Labute approximate surface area is 107 Å². The molecule has 7 nitrogen and oxygen atoms in total. The van der Waals surface area contributed by atoms with Gasteiger partial charge >= 0.3 is 11.7 Å². The number of carbonyl (C=O) groups is 1.